The number of hydrogen-bond donors (Lipinski definition) is 0. The van der Waals surface area contributed by atoms with E-state index < -0.39 is 24.2 Å². The monoisotopic (exact) mass is 408 g/mol. The van der Waals surface area contributed by atoms with Gasteiger partial charge in [-0.1, -0.05) is 24.3 Å². The van der Waals surface area contributed by atoms with E-state index in [-0.39, 0.29) is 25.9 Å². The van der Waals surface area contributed by atoms with E-state index in [0.29, 0.717) is 39.0 Å². The summed E-state index contributed by atoms with van der Waals surface area (Å²) in [6.45, 7) is 2.16. The molecule has 1 aromatic carbocycles. The molecule has 2 saturated heterocycles. The fourth-order valence-corrected chi connectivity index (χ4v) is 4.28. The third-order valence-electron chi connectivity index (χ3n) is 5.74. The van der Waals surface area contributed by atoms with Crippen LogP contribution in [0.2, 0.25) is 0 Å². The molecule has 0 unspecified atom stereocenters. The summed E-state index contributed by atoms with van der Waals surface area (Å²) in [4.78, 5) is 3.64. The zero-order chi connectivity index (χ0) is 20.4. The summed E-state index contributed by atoms with van der Waals surface area (Å²) >= 11 is 0. The lowest BCUT2D eigenvalue weighted by atomic mass is 9.96. The van der Waals surface area contributed by atoms with Gasteiger partial charge in [0.15, 0.2) is 0 Å². The van der Waals surface area contributed by atoms with Crippen LogP contribution in [0.4, 0.5) is 26.3 Å². The predicted octanol–water partition coefficient (Wildman–Crippen LogP) is 5.24. The first-order valence-electron chi connectivity index (χ1n) is 9.77. The van der Waals surface area contributed by atoms with Gasteiger partial charge < -0.3 is 0 Å². The molecule has 0 aromatic heterocycles. The van der Waals surface area contributed by atoms with Crippen LogP contribution < -0.4 is 0 Å². The molecule has 0 saturated carbocycles. The number of likely N-dealkylation sites (tertiary alicyclic amines) is 2. The third-order valence-corrected chi connectivity index (χ3v) is 5.74. The van der Waals surface area contributed by atoms with Gasteiger partial charge in [0, 0.05) is 26.2 Å². The highest BCUT2D eigenvalue weighted by molar-refractivity contribution is 5.23. The molecule has 0 amide bonds. The highest BCUT2D eigenvalue weighted by Crippen LogP contribution is 2.34. The number of piperidine rings is 2. The van der Waals surface area contributed by atoms with Crippen molar-refractivity contribution in [3.05, 3.63) is 35.4 Å². The minimum Gasteiger partial charge on any atom is -0.298 e. The SMILES string of the molecule is FC(F)(F)[C@H]1CCCN(Cc2cccc(CN3CCC[C@H](C(F)(F)F)C3)c2)C1. The van der Waals surface area contributed by atoms with E-state index in [1.54, 1.807) is 0 Å². The van der Waals surface area contributed by atoms with Crippen LogP contribution in [0.15, 0.2) is 24.3 Å². The van der Waals surface area contributed by atoms with Gasteiger partial charge in [-0.15, -0.1) is 0 Å². The van der Waals surface area contributed by atoms with Crippen molar-refractivity contribution >= 4 is 0 Å². The minimum atomic E-state index is -4.16. The lowest BCUT2D eigenvalue weighted by molar-refractivity contribution is -0.187. The molecule has 8 heteroatoms. The van der Waals surface area contributed by atoms with Gasteiger partial charge >= 0.3 is 12.4 Å². The number of halogens is 6. The average molecular weight is 408 g/mol. The molecule has 0 spiro atoms. The summed E-state index contributed by atoms with van der Waals surface area (Å²) in [6, 6.07) is 7.49. The van der Waals surface area contributed by atoms with Crippen LogP contribution in [0.3, 0.4) is 0 Å². The molecular weight excluding hydrogens is 382 g/mol. The number of hydrogen-bond acceptors (Lipinski definition) is 2. The molecule has 158 valence electrons. The number of nitrogens with zero attached hydrogens (tertiary/aromatic N) is 2. The zero-order valence-electron chi connectivity index (χ0n) is 15.7. The Bertz CT molecular complexity index is 591. The minimum absolute atomic E-state index is 0.00706. The molecule has 2 fully saturated rings. The van der Waals surface area contributed by atoms with Crippen LogP contribution in [-0.4, -0.2) is 48.3 Å². The highest BCUT2D eigenvalue weighted by Gasteiger charge is 2.42. The average Bonchev–Trinajstić information content (AvgIpc) is 2.61. The van der Waals surface area contributed by atoms with Gasteiger partial charge in [-0.2, -0.15) is 26.3 Å². The molecule has 1 aromatic rings. The van der Waals surface area contributed by atoms with Crippen molar-refractivity contribution in [2.24, 2.45) is 11.8 Å². The Morgan fingerprint density at radius 2 is 1.18 bits per heavy atom. The van der Waals surface area contributed by atoms with Gasteiger partial charge in [0.25, 0.3) is 0 Å². The summed E-state index contributed by atoms with van der Waals surface area (Å²) in [5, 5.41) is 0. The van der Waals surface area contributed by atoms with Crippen molar-refractivity contribution in [2.75, 3.05) is 26.2 Å². The second-order valence-corrected chi connectivity index (χ2v) is 8.05. The van der Waals surface area contributed by atoms with Gasteiger partial charge in [0.1, 0.15) is 0 Å². The molecule has 28 heavy (non-hydrogen) atoms. The lowest BCUT2D eigenvalue weighted by Gasteiger charge is -2.34. The van der Waals surface area contributed by atoms with Crippen LogP contribution in [0, 0.1) is 11.8 Å². The quantitative estimate of drug-likeness (QED) is 0.629. The summed E-state index contributed by atoms with van der Waals surface area (Å²) in [5.74, 6) is -2.56. The Morgan fingerprint density at radius 1 is 0.750 bits per heavy atom. The zero-order valence-corrected chi connectivity index (χ0v) is 15.7. The van der Waals surface area contributed by atoms with Crippen molar-refractivity contribution in [2.45, 2.75) is 51.1 Å². The topological polar surface area (TPSA) is 6.48 Å². The molecule has 2 heterocycles. The summed E-state index contributed by atoms with van der Waals surface area (Å²) < 4.78 is 77.9. The van der Waals surface area contributed by atoms with Crippen molar-refractivity contribution in [1.29, 1.82) is 0 Å². The lowest BCUT2D eigenvalue weighted by Crippen LogP contribution is -2.41. The van der Waals surface area contributed by atoms with Gasteiger partial charge in [-0.3, -0.25) is 9.80 Å². The molecule has 2 aliphatic heterocycles. The molecule has 3 rings (SSSR count). The highest BCUT2D eigenvalue weighted by atomic mass is 19.4. The fraction of sp³-hybridized carbons (Fsp3) is 0.700. The van der Waals surface area contributed by atoms with Crippen LogP contribution >= 0.6 is 0 Å². The Kier molecular flexibility index (Phi) is 6.59. The first-order chi connectivity index (χ1) is 13.1. The van der Waals surface area contributed by atoms with Crippen molar-refractivity contribution in [3.63, 3.8) is 0 Å². The maximum absolute atomic E-state index is 13.0. The van der Waals surface area contributed by atoms with Gasteiger partial charge in [0.05, 0.1) is 11.8 Å². The van der Waals surface area contributed by atoms with Crippen molar-refractivity contribution in [3.8, 4) is 0 Å². The van der Waals surface area contributed by atoms with E-state index in [2.05, 4.69) is 0 Å². The first-order valence-corrected chi connectivity index (χ1v) is 9.77. The maximum Gasteiger partial charge on any atom is 0.393 e. The van der Waals surface area contributed by atoms with Gasteiger partial charge in [-0.25, -0.2) is 0 Å². The van der Waals surface area contributed by atoms with E-state index in [9.17, 15) is 26.3 Å². The number of alkyl halides is 6. The largest absolute Gasteiger partial charge is 0.393 e. The Hall–Kier alpha value is -1.28. The number of rotatable bonds is 4. The summed E-state index contributed by atoms with van der Waals surface area (Å²) in [6.07, 6.45) is -6.93. The standard InChI is InChI=1S/C20H26F6N2/c21-19(22,23)17-6-2-8-27(13-17)11-15-4-1-5-16(10-15)12-28-9-3-7-18(14-28)20(24,25)26/h1,4-5,10,17-18H,2-3,6-9,11-14H2/t17-,18-/m0/s1. The molecule has 2 aliphatic rings. The smallest absolute Gasteiger partial charge is 0.298 e. The first kappa shape index (κ1) is 21.4. The van der Waals surface area contributed by atoms with Crippen LogP contribution in [0.5, 0.6) is 0 Å². The van der Waals surface area contributed by atoms with Crippen molar-refractivity contribution < 1.29 is 26.3 Å². The third kappa shape index (κ3) is 5.86. The second kappa shape index (κ2) is 8.61. The molecule has 0 radical (unpaired) electrons. The molecule has 2 nitrogen and oxygen atoms in total. The van der Waals surface area contributed by atoms with Crippen molar-refractivity contribution in [1.82, 2.24) is 9.80 Å². The van der Waals surface area contributed by atoms with Crippen LogP contribution in [0.1, 0.15) is 36.8 Å². The van der Waals surface area contributed by atoms with E-state index in [0.717, 1.165) is 11.1 Å². The second-order valence-electron chi connectivity index (χ2n) is 8.05. The van der Waals surface area contributed by atoms with E-state index in [1.165, 1.54) is 0 Å². The Labute approximate surface area is 161 Å². The van der Waals surface area contributed by atoms with Crippen LogP contribution in [0.25, 0.3) is 0 Å². The normalized spacial score (nSPS) is 25.8. The van der Waals surface area contributed by atoms with Crippen LogP contribution in [-0.2, 0) is 13.1 Å². The fourth-order valence-electron chi connectivity index (χ4n) is 4.28. The molecule has 2 atom stereocenters. The predicted molar refractivity (Wildman–Crippen MR) is 94.6 cm³/mol. The number of benzene rings is 1. The summed E-state index contributed by atoms with van der Waals surface area (Å²) in [5.41, 5.74) is 1.81. The Balaban J connectivity index is 1.58. The maximum atomic E-state index is 13.0. The molecular formula is C20H26F6N2. The molecule has 0 N–H and O–H groups in total. The van der Waals surface area contributed by atoms with Gasteiger partial charge in [-0.05, 0) is 49.9 Å². The van der Waals surface area contributed by atoms with E-state index in [1.807, 2.05) is 34.1 Å². The summed E-state index contributed by atoms with van der Waals surface area (Å²) in [7, 11) is 0. The van der Waals surface area contributed by atoms with E-state index in [4.69, 9.17) is 0 Å². The van der Waals surface area contributed by atoms with E-state index >= 15 is 0 Å². The molecule has 0 bridgehead atoms. The van der Waals surface area contributed by atoms with Gasteiger partial charge in [0.2, 0.25) is 0 Å². The molecule has 0 aliphatic carbocycles. The Morgan fingerprint density at radius 3 is 1.57 bits per heavy atom.